The number of fused-ring (bicyclic) bond motifs is 1. The fraction of sp³-hybridized carbons (Fsp3) is 0.571. The lowest BCUT2D eigenvalue weighted by Gasteiger charge is -2.38. The van der Waals surface area contributed by atoms with E-state index in [4.69, 9.17) is 4.42 Å². The van der Waals surface area contributed by atoms with Gasteiger partial charge in [-0.2, -0.15) is 8.78 Å². The van der Waals surface area contributed by atoms with Crippen molar-refractivity contribution < 1.29 is 31.6 Å². The highest BCUT2D eigenvalue weighted by atomic mass is 19.3. The summed E-state index contributed by atoms with van der Waals surface area (Å²) in [7, 11) is 0. The van der Waals surface area contributed by atoms with Crippen molar-refractivity contribution in [3.8, 4) is 11.5 Å². The van der Waals surface area contributed by atoms with Crippen LogP contribution in [-0.2, 0) is 11.3 Å². The number of carbonyl (C=O) groups is 2. The van der Waals surface area contributed by atoms with Crippen molar-refractivity contribution >= 4 is 11.8 Å². The number of pyridine rings is 1. The number of nitrogens with one attached hydrogen (secondary N) is 1. The highest BCUT2D eigenvalue weighted by Gasteiger charge is 2.58. The second-order valence-corrected chi connectivity index (χ2v) is 8.79. The lowest BCUT2D eigenvalue weighted by atomic mass is 9.88. The molecule has 2 amide bonds. The molecule has 8 nitrogen and oxygen atoms in total. The second-order valence-electron chi connectivity index (χ2n) is 8.79. The first kappa shape index (κ1) is 21.8. The van der Waals surface area contributed by atoms with Crippen LogP contribution < -0.4 is 5.32 Å². The standard InChI is InChI=1S/C21H21F4N5O3/c22-15(23)17-29-28-16(33-17)10-7-11-13(26-8-10)9-30(18(11)31)14-4-2-1-3-12(14)27-20(32)21(5-6-21)19(24)25/h7-8,12,14-15,19H,1-6,9H2,(H,27,32)/t12-,14-/m1/s1. The molecule has 2 saturated carbocycles. The van der Waals surface area contributed by atoms with Gasteiger partial charge in [-0.05, 0) is 31.7 Å². The van der Waals surface area contributed by atoms with Crippen molar-refractivity contribution in [3.05, 3.63) is 29.4 Å². The first-order valence-corrected chi connectivity index (χ1v) is 10.8. The maximum Gasteiger partial charge on any atom is 0.314 e. The van der Waals surface area contributed by atoms with Crippen molar-refractivity contribution in [3.63, 3.8) is 0 Å². The molecule has 3 heterocycles. The SMILES string of the molecule is O=C1c2cc(-c3nnc(C(F)F)o3)cnc2CN1[C@@H]1CCCC[C@H]1NC(=O)C1(C(F)F)CC1. The van der Waals surface area contributed by atoms with Crippen LogP contribution in [0.4, 0.5) is 17.6 Å². The minimum atomic E-state index is -2.91. The van der Waals surface area contributed by atoms with E-state index < -0.39 is 36.1 Å². The molecule has 2 aliphatic carbocycles. The molecule has 2 aromatic heterocycles. The van der Waals surface area contributed by atoms with Gasteiger partial charge in [0.2, 0.25) is 11.8 Å². The summed E-state index contributed by atoms with van der Waals surface area (Å²) in [5, 5.41) is 9.66. The van der Waals surface area contributed by atoms with Gasteiger partial charge in [0, 0.05) is 12.2 Å². The molecule has 0 saturated heterocycles. The van der Waals surface area contributed by atoms with Gasteiger partial charge >= 0.3 is 6.43 Å². The smallest absolute Gasteiger partial charge is 0.314 e. The zero-order chi connectivity index (χ0) is 23.3. The predicted molar refractivity (Wildman–Crippen MR) is 104 cm³/mol. The Bertz CT molecular complexity index is 1090. The highest BCUT2D eigenvalue weighted by molar-refractivity contribution is 5.99. The molecule has 2 atom stereocenters. The molecule has 5 rings (SSSR count). The molecule has 1 aliphatic heterocycles. The Kier molecular flexibility index (Phi) is 5.32. The average molecular weight is 467 g/mol. The van der Waals surface area contributed by atoms with Gasteiger partial charge in [-0.1, -0.05) is 12.8 Å². The number of halogens is 4. The van der Waals surface area contributed by atoms with Gasteiger partial charge in [-0.15, -0.1) is 10.2 Å². The predicted octanol–water partition coefficient (Wildman–Crippen LogP) is 3.50. The summed E-state index contributed by atoms with van der Waals surface area (Å²) in [6.07, 6.45) is -1.04. The second kappa shape index (κ2) is 8.07. The molecule has 1 N–H and O–H groups in total. The van der Waals surface area contributed by atoms with Gasteiger partial charge in [0.15, 0.2) is 0 Å². The molecule has 2 aromatic rings. The van der Waals surface area contributed by atoms with E-state index in [-0.39, 0.29) is 48.4 Å². The summed E-state index contributed by atoms with van der Waals surface area (Å²) in [4.78, 5) is 31.7. The minimum Gasteiger partial charge on any atom is -0.415 e. The molecular formula is C21H21F4N5O3. The number of alkyl halides is 4. The van der Waals surface area contributed by atoms with Crippen LogP contribution in [0.25, 0.3) is 11.5 Å². The Morgan fingerprint density at radius 3 is 2.61 bits per heavy atom. The van der Waals surface area contributed by atoms with E-state index in [0.717, 1.165) is 12.8 Å². The summed E-state index contributed by atoms with van der Waals surface area (Å²) in [6.45, 7) is 0.206. The molecule has 0 spiro atoms. The third-order valence-corrected chi connectivity index (χ3v) is 6.76. The van der Waals surface area contributed by atoms with Gasteiger partial charge < -0.3 is 14.6 Å². The fourth-order valence-electron chi connectivity index (χ4n) is 4.66. The maximum absolute atomic E-state index is 13.4. The lowest BCUT2D eigenvalue weighted by molar-refractivity contribution is -0.133. The first-order valence-electron chi connectivity index (χ1n) is 10.8. The van der Waals surface area contributed by atoms with Crippen LogP contribution in [0.5, 0.6) is 0 Å². The number of hydrogen-bond donors (Lipinski definition) is 1. The van der Waals surface area contributed by atoms with Gasteiger partial charge in [0.1, 0.15) is 5.41 Å². The topological polar surface area (TPSA) is 101 Å². The Morgan fingerprint density at radius 1 is 1.18 bits per heavy atom. The van der Waals surface area contributed by atoms with Crippen molar-refractivity contribution in [1.29, 1.82) is 0 Å². The van der Waals surface area contributed by atoms with Gasteiger partial charge in [0.25, 0.3) is 18.2 Å². The minimum absolute atomic E-state index is 0.164. The molecule has 0 aromatic carbocycles. The summed E-state index contributed by atoms with van der Waals surface area (Å²) in [5.74, 6) is -1.97. The zero-order valence-electron chi connectivity index (χ0n) is 17.4. The van der Waals surface area contributed by atoms with Crippen LogP contribution >= 0.6 is 0 Å². The molecular weight excluding hydrogens is 446 g/mol. The molecule has 176 valence electrons. The van der Waals surface area contributed by atoms with Crippen molar-refractivity contribution in [2.45, 2.75) is 70.0 Å². The first-order chi connectivity index (χ1) is 15.8. The van der Waals surface area contributed by atoms with E-state index in [0.29, 0.717) is 18.5 Å². The van der Waals surface area contributed by atoms with Crippen LogP contribution in [0.15, 0.2) is 16.7 Å². The number of amides is 2. The quantitative estimate of drug-likeness (QED) is 0.653. The molecule has 0 unspecified atom stereocenters. The fourth-order valence-corrected chi connectivity index (χ4v) is 4.66. The van der Waals surface area contributed by atoms with E-state index in [1.165, 1.54) is 12.3 Å². The van der Waals surface area contributed by atoms with Crippen LogP contribution in [0.3, 0.4) is 0 Å². The van der Waals surface area contributed by atoms with E-state index in [1.54, 1.807) is 4.90 Å². The number of rotatable bonds is 6. The zero-order valence-corrected chi connectivity index (χ0v) is 17.4. The van der Waals surface area contributed by atoms with Gasteiger partial charge in [0.05, 0.1) is 29.4 Å². The Labute approximate surface area is 185 Å². The number of carbonyl (C=O) groups excluding carboxylic acids is 2. The third-order valence-electron chi connectivity index (χ3n) is 6.76. The number of hydrogen-bond acceptors (Lipinski definition) is 6. The van der Waals surface area contributed by atoms with Gasteiger partial charge in [-0.3, -0.25) is 14.6 Å². The van der Waals surface area contributed by atoms with Crippen LogP contribution in [-0.4, -0.2) is 50.4 Å². The number of aromatic nitrogens is 3. The van der Waals surface area contributed by atoms with E-state index in [2.05, 4.69) is 20.5 Å². The van der Waals surface area contributed by atoms with Crippen molar-refractivity contribution in [2.24, 2.45) is 5.41 Å². The van der Waals surface area contributed by atoms with E-state index in [9.17, 15) is 27.2 Å². The lowest BCUT2D eigenvalue weighted by Crippen LogP contribution is -2.55. The summed E-state index contributed by atoms with van der Waals surface area (Å²) in [5.41, 5.74) is -0.577. The average Bonchev–Trinajstić information content (AvgIpc) is 3.36. The van der Waals surface area contributed by atoms with Crippen molar-refractivity contribution in [1.82, 2.24) is 25.4 Å². The Morgan fingerprint density at radius 2 is 1.94 bits per heavy atom. The van der Waals surface area contributed by atoms with E-state index in [1.807, 2.05) is 0 Å². The molecule has 12 heteroatoms. The maximum atomic E-state index is 13.4. The molecule has 2 fully saturated rings. The summed E-state index contributed by atoms with van der Waals surface area (Å²) >= 11 is 0. The Balaban J connectivity index is 1.35. The molecule has 33 heavy (non-hydrogen) atoms. The Hall–Kier alpha value is -3.05. The highest BCUT2D eigenvalue weighted by Crippen LogP contribution is 2.51. The van der Waals surface area contributed by atoms with Crippen LogP contribution in [0, 0.1) is 5.41 Å². The van der Waals surface area contributed by atoms with E-state index >= 15 is 0 Å². The molecule has 0 radical (unpaired) electrons. The molecule has 3 aliphatic rings. The van der Waals surface area contributed by atoms with Crippen molar-refractivity contribution in [2.75, 3.05) is 0 Å². The van der Waals surface area contributed by atoms with Crippen LogP contribution in [0.2, 0.25) is 0 Å². The molecule has 0 bridgehead atoms. The summed E-state index contributed by atoms with van der Waals surface area (Å²) < 4.78 is 57.1. The number of nitrogens with zero attached hydrogens (tertiary/aromatic N) is 4. The largest absolute Gasteiger partial charge is 0.415 e. The van der Waals surface area contributed by atoms with Gasteiger partial charge in [-0.25, -0.2) is 8.78 Å². The summed E-state index contributed by atoms with van der Waals surface area (Å²) in [6, 6.07) is 0.694. The third kappa shape index (κ3) is 3.74. The van der Waals surface area contributed by atoms with Crippen LogP contribution in [0.1, 0.15) is 66.9 Å². The normalized spacial score (nSPS) is 23.8. The monoisotopic (exact) mass is 467 g/mol.